The normalized spacial score (nSPS) is 13.8. The van der Waals surface area contributed by atoms with Gasteiger partial charge >= 0.3 is 5.97 Å². The molecule has 1 aromatic carbocycles. The Morgan fingerprint density at radius 2 is 2.35 bits per heavy atom. The lowest BCUT2D eigenvalue weighted by Gasteiger charge is -2.29. The quantitative estimate of drug-likeness (QED) is 0.855. The van der Waals surface area contributed by atoms with Gasteiger partial charge in [-0.05, 0) is 17.7 Å². The highest BCUT2D eigenvalue weighted by molar-refractivity contribution is 7.09. The van der Waals surface area contributed by atoms with E-state index in [0.29, 0.717) is 5.56 Å². The van der Waals surface area contributed by atoms with Gasteiger partial charge in [-0.2, -0.15) is 0 Å². The summed E-state index contributed by atoms with van der Waals surface area (Å²) in [6.45, 7) is 0.0166. The highest BCUT2D eigenvalue weighted by Crippen LogP contribution is 2.30. The van der Waals surface area contributed by atoms with Gasteiger partial charge in [0.15, 0.2) is 0 Å². The molecular formula is C14H15FN2O2S. The van der Waals surface area contributed by atoms with Crippen LogP contribution >= 0.6 is 11.3 Å². The van der Waals surface area contributed by atoms with Crippen LogP contribution in [-0.2, 0) is 21.4 Å². The van der Waals surface area contributed by atoms with Crippen molar-refractivity contribution in [1.29, 1.82) is 0 Å². The standard InChI is InChI=1S/C14H15FN2O2S/c1-19-13(18)14(9-16,8-12-17-5-6-20-12)10-3-2-4-11(15)7-10/h2-7H,8-9,16H2,1H3. The summed E-state index contributed by atoms with van der Waals surface area (Å²) in [5.41, 5.74) is 5.22. The number of halogens is 1. The molecule has 0 aliphatic carbocycles. The third-order valence-corrected chi connectivity index (χ3v) is 4.02. The van der Waals surface area contributed by atoms with Crippen LogP contribution in [0.2, 0.25) is 0 Å². The summed E-state index contributed by atoms with van der Waals surface area (Å²) >= 11 is 1.42. The number of carbonyl (C=O) groups excluding carboxylic acids is 1. The number of carbonyl (C=O) groups is 1. The number of hydrogen-bond acceptors (Lipinski definition) is 5. The molecule has 0 spiro atoms. The van der Waals surface area contributed by atoms with Gasteiger partial charge in [0.05, 0.1) is 12.1 Å². The molecule has 0 amide bonds. The summed E-state index contributed by atoms with van der Waals surface area (Å²) in [4.78, 5) is 16.4. The van der Waals surface area contributed by atoms with E-state index in [1.165, 1.54) is 30.6 Å². The van der Waals surface area contributed by atoms with Crippen molar-refractivity contribution in [2.24, 2.45) is 5.73 Å². The predicted octanol–water partition coefficient (Wildman–Crippen LogP) is 1.89. The minimum absolute atomic E-state index is 0.0166. The zero-order valence-electron chi connectivity index (χ0n) is 11.0. The molecule has 1 aromatic heterocycles. The van der Waals surface area contributed by atoms with E-state index < -0.39 is 17.2 Å². The fraction of sp³-hybridized carbons (Fsp3) is 0.286. The van der Waals surface area contributed by atoms with E-state index in [0.717, 1.165) is 5.01 Å². The smallest absolute Gasteiger partial charge is 0.318 e. The number of ether oxygens (including phenoxy) is 1. The summed E-state index contributed by atoms with van der Waals surface area (Å²) in [5.74, 6) is -0.899. The van der Waals surface area contributed by atoms with Crippen LogP contribution in [-0.4, -0.2) is 24.6 Å². The molecule has 1 heterocycles. The number of esters is 1. The van der Waals surface area contributed by atoms with Crippen LogP contribution in [0.15, 0.2) is 35.8 Å². The predicted molar refractivity (Wildman–Crippen MR) is 75.0 cm³/mol. The van der Waals surface area contributed by atoms with Gasteiger partial charge in [-0.15, -0.1) is 11.3 Å². The highest BCUT2D eigenvalue weighted by atomic mass is 32.1. The van der Waals surface area contributed by atoms with Crippen molar-refractivity contribution in [2.45, 2.75) is 11.8 Å². The molecule has 0 saturated carbocycles. The van der Waals surface area contributed by atoms with Crippen LogP contribution in [0.25, 0.3) is 0 Å². The Morgan fingerprint density at radius 3 is 2.90 bits per heavy atom. The Balaban J connectivity index is 2.49. The molecule has 0 aliphatic heterocycles. The first-order valence-corrected chi connectivity index (χ1v) is 6.93. The Hall–Kier alpha value is -1.79. The molecule has 0 fully saturated rings. The molecular weight excluding hydrogens is 279 g/mol. The molecule has 0 bridgehead atoms. The van der Waals surface area contributed by atoms with E-state index in [1.54, 1.807) is 18.3 Å². The maximum absolute atomic E-state index is 13.5. The lowest BCUT2D eigenvalue weighted by molar-refractivity contribution is -0.147. The third-order valence-electron chi connectivity index (χ3n) is 3.24. The lowest BCUT2D eigenvalue weighted by Crippen LogP contribution is -2.45. The van der Waals surface area contributed by atoms with E-state index in [-0.39, 0.29) is 13.0 Å². The maximum atomic E-state index is 13.5. The first kappa shape index (κ1) is 14.6. The number of hydrogen-bond donors (Lipinski definition) is 1. The average molecular weight is 294 g/mol. The van der Waals surface area contributed by atoms with Gasteiger partial charge in [0.25, 0.3) is 0 Å². The second-order valence-electron chi connectivity index (χ2n) is 4.39. The Bertz CT molecular complexity index is 589. The minimum Gasteiger partial charge on any atom is -0.468 e. The van der Waals surface area contributed by atoms with Crippen molar-refractivity contribution < 1.29 is 13.9 Å². The molecule has 0 aliphatic rings. The van der Waals surface area contributed by atoms with E-state index in [1.807, 2.05) is 5.38 Å². The molecule has 0 radical (unpaired) electrons. The van der Waals surface area contributed by atoms with Crippen LogP contribution in [0.1, 0.15) is 10.6 Å². The zero-order valence-corrected chi connectivity index (χ0v) is 11.8. The van der Waals surface area contributed by atoms with Crippen molar-refractivity contribution in [3.8, 4) is 0 Å². The Labute approximate surface area is 120 Å². The van der Waals surface area contributed by atoms with Crippen molar-refractivity contribution >= 4 is 17.3 Å². The van der Waals surface area contributed by atoms with Crippen LogP contribution in [0, 0.1) is 5.82 Å². The number of nitrogens with two attached hydrogens (primary N) is 1. The number of benzene rings is 1. The molecule has 1 atom stereocenters. The van der Waals surface area contributed by atoms with E-state index >= 15 is 0 Å². The summed E-state index contributed by atoms with van der Waals surface area (Å²) in [5, 5.41) is 2.57. The number of methoxy groups -OCH3 is 1. The topological polar surface area (TPSA) is 65.2 Å². The molecule has 2 aromatic rings. The molecule has 106 valence electrons. The van der Waals surface area contributed by atoms with Gasteiger partial charge in [0.1, 0.15) is 11.2 Å². The van der Waals surface area contributed by atoms with E-state index in [9.17, 15) is 9.18 Å². The fourth-order valence-electron chi connectivity index (χ4n) is 2.15. The van der Waals surface area contributed by atoms with Crippen molar-refractivity contribution in [3.63, 3.8) is 0 Å². The largest absolute Gasteiger partial charge is 0.468 e. The first-order chi connectivity index (χ1) is 9.62. The lowest BCUT2D eigenvalue weighted by atomic mass is 9.77. The first-order valence-electron chi connectivity index (χ1n) is 6.05. The molecule has 4 nitrogen and oxygen atoms in total. The van der Waals surface area contributed by atoms with Gasteiger partial charge in [0.2, 0.25) is 0 Å². The molecule has 2 rings (SSSR count). The number of aromatic nitrogens is 1. The summed E-state index contributed by atoms with van der Waals surface area (Å²) in [7, 11) is 1.30. The highest BCUT2D eigenvalue weighted by Gasteiger charge is 2.41. The zero-order chi connectivity index (χ0) is 14.6. The van der Waals surface area contributed by atoms with Gasteiger partial charge in [-0.1, -0.05) is 12.1 Å². The monoisotopic (exact) mass is 294 g/mol. The van der Waals surface area contributed by atoms with E-state index in [2.05, 4.69) is 4.98 Å². The van der Waals surface area contributed by atoms with Gasteiger partial charge in [-0.3, -0.25) is 4.79 Å². The van der Waals surface area contributed by atoms with Crippen LogP contribution in [0.5, 0.6) is 0 Å². The van der Waals surface area contributed by atoms with Crippen LogP contribution < -0.4 is 5.73 Å². The fourth-order valence-corrected chi connectivity index (χ4v) is 2.88. The molecule has 2 N–H and O–H groups in total. The van der Waals surface area contributed by atoms with Crippen LogP contribution in [0.3, 0.4) is 0 Å². The van der Waals surface area contributed by atoms with Gasteiger partial charge < -0.3 is 10.5 Å². The maximum Gasteiger partial charge on any atom is 0.318 e. The van der Waals surface area contributed by atoms with Gasteiger partial charge in [-0.25, -0.2) is 9.37 Å². The van der Waals surface area contributed by atoms with E-state index in [4.69, 9.17) is 10.5 Å². The molecule has 0 saturated heterocycles. The summed E-state index contributed by atoms with van der Waals surface area (Å²) < 4.78 is 18.4. The number of thiazole rings is 1. The van der Waals surface area contributed by atoms with Crippen molar-refractivity contribution in [1.82, 2.24) is 4.98 Å². The third kappa shape index (κ3) is 2.71. The Morgan fingerprint density at radius 1 is 1.55 bits per heavy atom. The summed E-state index contributed by atoms with van der Waals surface area (Å²) in [6.07, 6.45) is 1.95. The molecule has 20 heavy (non-hydrogen) atoms. The number of rotatable bonds is 5. The average Bonchev–Trinajstić information content (AvgIpc) is 2.96. The van der Waals surface area contributed by atoms with Crippen LogP contribution in [0.4, 0.5) is 4.39 Å². The summed E-state index contributed by atoms with van der Waals surface area (Å²) in [6, 6.07) is 5.88. The van der Waals surface area contributed by atoms with Crippen molar-refractivity contribution in [3.05, 3.63) is 52.2 Å². The number of nitrogens with zero attached hydrogens (tertiary/aromatic N) is 1. The molecule has 1 unspecified atom stereocenters. The van der Waals surface area contributed by atoms with Gasteiger partial charge in [0, 0.05) is 24.5 Å². The van der Waals surface area contributed by atoms with Crippen molar-refractivity contribution in [2.75, 3.05) is 13.7 Å². The minimum atomic E-state index is -1.12. The Kier molecular flexibility index (Phi) is 4.46. The SMILES string of the molecule is COC(=O)C(CN)(Cc1nccs1)c1cccc(F)c1. The molecule has 6 heteroatoms. The second-order valence-corrected chi connectivity index (χ2v) is 5.37. The second kappa shape index (κ2) is 6.11.